The molecule has 0 amide bonds. The zero-order valence-electron chi connectivity index (χ0n) is 11.5. The Balaban J connectivity index is 2.05. The molecule has 0 aliphatic heterocycles. The fourth-order valence-corrected chi connectivity index (χ4v) is 1.68. The van der Waals surface area contributed by atoms with Crippen LogP contribution in [0.2, 0.25) is 0 Å². The minimum Gasteiger partial charge on any atom is -0.271 e. The van der Waals surface area contributed by atoms with E-state index in [-0.39, 0.29) is 5.96 Å². The van der Waals surface area contributed by atoms with Gasteiger partial charge in [0.15, 0.2) is 0 Å². The Kier molecular flexibility index (Phi) is 4.68. The number of rotatable bonds is 5. The molecule has 0 bridgehead atoms. The predicted octanol–water partition coefficient (Wildman–Crippen LogP) is 2.77. The Labute approximate surface area is 118 Å². The molecule has 0 aliphatic rings. The van der Waals surface area contributed by atoms with E-state index in [1.807, 2.05) is 36.4 Å². The largest absolute Gasteiger partial charge is 0.271 e. The Morgan fingerprint density at radius 1 is 1.40 bits per heavy atom. The Morgan fingerprint density at radius 3 is 2.85 bits per heavy atom. The fraction of sp³-hybridized carbons (Fsp3) is 0.200. The van der Waals surface area contributed by atoms with Crippen LogP contribution in [0.4, 0.5) is 0 Å². The van der Waals surface area contributed by atoms with Gasteiger partial charge in [0.1, 0.15) is 0 Å². The molecule has 104 valence electrons. The molecule has 2 rings (SSSR count). The van der Waals surface area contributed by atoms with E-state index >= 15 is 0 Å². The fourth-order valence-electron chi connectivity index (χ4n) is 1.68. The molecule has 5 nitrogen and oxygen atoms in total. The third-order valence-corrected chi connectivity index (χ3v) is 2.78. The van der Waals surface area contributed by atoms with E-state index in [1.54, 1.807) is 19.3 Å². The van der Waals surface area contributed by atoms with Crippen molar-refractivity contribution in [3.63, 3.8) is 0 Å². The summed E-state index contributed by atoms with van der Waals surface area (Å²) in [5.74, 6) is 0.163. The molecule has 0 atom stereocenters. The first kappa shape index (κ1) is 14.0. The van der Waals surface area contributed by atoms with Gasteiger partial charge in [-0.1, -0.05) is 36.4 Å². The van der Waals surface area contributed by atoms with E-state index < -0.39 is 0 Å². The first-order valence-corrected chi connectivity index (χ1v) is 6.40. The summed E-state index contributed by atoms with van der Waals surface area (Å²) in [5, 5.41) is 13.8. The van der Waals surface area contributed by atoms with E-state index in [0.29, 0.717) is 6.61 Å². The van der Waals surface area contributed by atoms with Crippen molar-refractivity contribution < 1.29 is 4.84 Å². The second kappa shape index (κ2) is 6.68. The summed E-state index contributed by atoms with van der Waals surface area (Å²) in [6.45, 7) is 4.12. The molecule has 1 heterocycles. The average molecular weight is 270 g/mol. The van der Waals surface area contributed by atoms with Crippen molar-refractivity contribution in [2.45, 2.75) is 6.42 Å². The summed E-state index contributed by atoms with van der Waals surface area (Å²) in [6, 6.07) is 11.7. The standard InChI is InChI=1S/C15H18N4O/c1-3-4-12-20-18(2)15(16)19-11-10-14(17-19)13-8-6-5-7-9-13/h3,5-11,16H,1,4,12H2,2H3. The lowest BCUT2D eigenvalue weighted by molar-refractivity contribution is -0.0812. The van der Waals surface area contributed by atoms with Gasteiger partial charge >= 0.3 is 0 Å². The number of hydrogen-bond acceptors (Lipinski definition) is 3. The van der Waals surface area contributed by atoms with Crippen LogP contribution >= 0.6 is 0 Å². The van der Waals surface area contributed by atoms with Crippen LogP contribution in [0.25, 0.3) is 11.3 Å². The van der Waals surface area contributed by atoms with Crippen molar-refractivity contribution in [1.29, 1.82) is 5.41 Å². The highest BCUT2D eigenvalue weighted by Crippen LogP contribution is 2.15. The van der Waals surface area contributed by atoms with E-state index in [1.165, 1.54) is 9.75 Å². The van der Waals surface area contributed by atoms with Crippen LogP contribution in [0.5, 0.6) is 0 Å². The number of nitrogens with one attached hydrogen (secondary N) is 1. The van der Waals surface area contributed by atoms with Gasteiger partial charge in [0.2, 0.25) is 5.96 Å². The van der Waals surface area contributed by atoms with Crippen molar-refractivity contribution >= 4 is 5.96 Å². The molecule has 20 heavy (non-hydrogen) atoms. The van der Waals surface area contributed by atoms with Crippen LogP contribution in [-0.2, 0) is 4.84 Å². The summed E-state index contributed by atoms with van der Waals surface area (Å²) in [5.41, 5.74) is 1.85. The minimum absolute atomic E-state index is 0.163. The number of aromatic nitrogens is 2. The molecular weight excluding hydrogens is 252 g/mol. The second-order valence-electron chi connectivity index (χ2n) is 4.24. The van der Waals surface area contributed by atoms with Gasteiger partial charge in [0.25, 0.3) is 0 Å². The molecule has 0 radical (unpaired) electrons. The highest BCUT2D eigenvalue weighted by Gasteiger charge is 2.10. The highest BCUT2D eigenvalue weighted by molar-refractivity contribution is 5.78. The highest BCUT2D eigenvalue weighted by atomic mass is 16.7. The van der Waals surface area contributed by atoms with Crippen molar-refractivity contribution in [3.8, 4) is 11.3 Å². The molecular formula is C15H18N4O. The maximum Gasteiger partial charge on any atom is 0.243 e. The Morgan fingerprint density at radius 2 is 2.15 bits per heavy atom. The van der Waals surface area contributed by atoms with Gasteiger partial charge in [-0.25, -0.2) is 9.75 Å². The third-order valence-electron chi connectivity index (χ3n) is 2.78. The van der Waals surface area contributed by atoms with E-state index in [4.69, 9.17) is 10.2 Å². The first-order chi connectivity index (χ1) is 9.72. The normalized spacial score (nSPS) is 10.2. The lowest BCUT2D eigenvalue weighted by Gasteiger charge is -2.18. The minimum atomic E-state index is 0.163. The van der Waals surface area contributed by atoms with Gasteiger partial charge in [-0.2, -0.15) is 5.10 Å². The van der Waals surface area contributed by atoms with Gasteiger partial charge in [-0.15, -0.1) is 6.58 Å². The number of hydrogen-bond donors (Lipinski definition) is 1. The van der Waals surface area contributed by atoms with E-state index in [2.05, 4.69) is 11.7 Å². The van der Waals surface area contributed by atoms with Crippen LogP contribution in [0.1, 0.15) is 6.42 Å². The topological polar surface area (TPSA) is 54.1 Å². The van der Waals surface area contributed by atoms with Crippen LogP contribution in [0, 0.1) is 5.41 Å². The summed E-state index contributed by atoms with van der Waals surface area (Å²) in [7, 11) is 1.69. The van der Waals surface area contributed by atoms with E-state index in [0.717, 1.165) is 17.7 Å². The third kappa shape index (κ3) is 3.33. The zero-order valence-corrected chi connectivity index (χ0v) is 11.5. The molecule has 2 aromatic rings. The molecule has 0 spiro atoms. The van der Waals surface area contributed by atoms with Crippen molar-refractivity contribution in [2.75, 3.05) is 13.7 Å². The monoisotopic (exact) mass is 270 g/mol. The molecule has 0 saturated carbocycles. The average Bonchev–Trinajstić information content (AvgIpc) is 2.97. The first-order valence-electron chi connectivity index (χ1n) is 6.40. The quantitative estimate of drug-likeness (QED) is 0.299. The summed E-state index contributed by atoms with van der Waals surface area (Å²) < 4.78 is 1.48. The van der Waals surface area contributed by atoms with Crippen LogP contribution in [0.15, 0.2) is 55.3 Å². The lowest BCUT2D eigenvalue weighted by atomic mass is 10.2. The van der Waals surface area contributed by atoms with Crippen molar-refractivity contribution in [2.24, 2.45) is 0 Å². The van der Waals surface area contributed by atoms with Gasteiger partial charge in [0, 0.05) is 18.8 Å². The van der Waals surface area contributed by atoms with Crippen molar-refractivity contribution in [1.82, 2.24) is 14.8 Å². The van der Waals surface area contributed by atoms with Gasteiger partial charge < -0.3 is 0 Å². The number of hydroxylamine groups is 2. The molecule has 1 aromatic carbocycles. The SMILES string of the molecule is C=CCCON(C)C(=N)n1ccc(-c2ccccc2)n1. The number of nitrogens with zero attached hydrogens (tertiary/aromatic N) is 3. The maximum atomic E-state index is 8.02. The van der Waals surface area contributed by atoms with Crippen LogP contribution in [-0.4, -0.2) is 34.5 Å². The lowest BCUT2D eigenvalue weighted by Crippen LogP contribution is -2.32. The molecule has 0 saturated heterocycles. The molecule has 0 fully saturated rings. The second-order valence-corrected chi connectivity index (χ2v) is 4.24. The van der Waals surface area contributed by atoms with Crippen LogP contribution in [0.3, 0.4) is 0 Å². The van der Waals surface area contributed by atoms with Gasteiger partial charge in [-0.05, 0) is 12.5 Å². The Bertz CT molecular complexity index is 577. The molecule has 1 aromatic heterocycles. The summed E-state index contributed by atoms with van der Waals surface area (Å²) >= 11 is 0. The molecule has 1 N–H and O–H groups in total. The van der Waals surface area contributed by atoms with Crippen LogP contribution < -0.4 is 0 Å². The van der Waals surface area contributed by atoms with Gasteiger partial charge in [0.05, 0.1) is 12.3 Å². The van der Waals surface area contributed by atoms with E-state index in [9.17, 15) is 0 Å². The molecule has 0 aliphatic carbocycles. The Hall–Kier alpha value is -2.40. The maximum absolute atomic E-state index is 8.02. The zero-order chi connectivity index (χ0) is 14.4. The van der Waals surface area contributed by atoms with Gasteiger partial charge in [-0.3, -0.25) is 10.2 Å². The summed E-state index contributed by atoms with van der Waals surface area (Å²) in [6.07, 6.45) is 4.27. The predicted molar refractivity (Wildman–Crippen MR) is 79.3 cm³/mol. The van der Waals surface area contributed by atoms with Crippen molar-refractivity contribution in [3.05, 3.63) is 55.3 Å². The number of benzene rings is 1. The smallest absolute Gasteiger partial charge is 0.243 e. The summed E-state index contributed by atoms with van der Waals surface area (Å²) in [4.78, 5) is 5.39. The molecule has 0 unspecified atom stereocenters. The molecule has 5 heteroatoms.